The third kappa shape index (κ3) is 4.10. The van der Waals surface area contributed by atoms with Gasteiger partial charge in [-0.05, 0) is 123 Å². The molecule has 180 valence electrons. The number of carbonyl (C=O) groups excluding carboxylic acids is 1. The molecule has 0 aliphatic carbocycles. The molecule has 0 fully saturated rings. The van der Waals surface area contributed by atoms with E-state index < -0.39 is 5.54 Å². The molecule has 0 saturated carbocycles. The van der Waals surface area contributed by atoms with Gasteiger partial charge in [-0.25, -0.2) is 0 Å². The van der Waals surface area contributed by atoms with Crippen molar-refractivity contribution in [3.63, 3.8) is 0 Å². The molecule has 35 heavy (non-hydrogen) atoms. The van der Waals surface area contributed by atoms with Crippen LogP contribution in [0.3, 0.4) is 0 Å². The van der Waals surface area contributed by atoms with Gasteiger partial charge < -0.3 is 5.32 Å². The zero-order valence-electron chi connectivity index (χ0n) is 21.4. The van der Waals surface area contributed by atoms with E-state index >= 15 is 0 Å². The van der Waals surface area contributed by atoms with E-state index in [1.54, 1.807) is 0 Å². The van der Waals surface area contributed by atoms with E-state index in [2.05, 4.69) is 118 Å². The van der Waals surface area contributed by atoms with Gasteiger partial charge in [-0.15, -0.1) is 0 Å². The Kier molecular flexibility index (Phi) is 5.67. The lowest BCUT2D eigenvalue weighted by Gasteiger charge is -2.47. The standard InChI is InChI=1S/C31H33IN2O/c1-20-18-30(4,5)34(28(35)21-11-14-23(32)15-12-21)27-16-13-22(17-24(20)27)31(6)19-29(2,3)33-26-10-8-7-9-25(26)31/h7-18,33H,19H2,1-6H3/t31-/m1/s1. The van der Waals surface area contributed by atoms with E-state index in [0.717, 1.165) is 21.2 Å². The van der Waals surface area contributed by atoms with E-state index in [1.807, 2.05) is 29.2 Å². The minimum atomic E-state index is -0.425. The molecule has 0 bridgehead atoms. The van der Waals surface area contributed by atoms with Gasteiger partial charge in [0.2, 0.25) is 0 Å². The Balaban J connectivity index is 1.64. The molecule has 3 aromatic rings. The number of hydrogen-bond acceptors (Lipinski definition) is 2. The number of halogens is 1. The number of benzene rings is 3. The van der Waals surface area contributed by atoms with Gasteiger partial charge in [-0.3, -0.25) is 9.69 Å². The molecule has 1 N–H and O–H groups in total. The van der Waals surface area contributed by atoms with E-state index in [4.69, 9.17) is 0 Å². The van der Waals surface area contributed by atoms with Crippen molar-refractivity contribution in [2.24, 2.45) is 0 Å². The van der Waals surface area contributed by atoms with Gasteiger partial charge in [-0.1, -0.05) is 37.3 Å². The van der Waals surface area contributed by atoms with Gasteiger partial charge in [0, 0.05) is 31.3 Å². The summed E-state index contributed by atoms with van der Waals surface area (Å²) in [7, 11) is 0. The maximum absolute atomic E-state index is 13.8. The van der Waals surface area contributed by atoms with E-state index in [9.17, 15) is 4.79 Å². The third-order valence-electron chi connectivity index (χ3n) is 7.53. The van der Waals surface area contributed by atoms with Crippen LogP contribution in [-0.2, 0) is 5.41 Å². The summed E-state index contributed by atoms with van der Waals surface area (Å²) in [6.45, 7) is 13.3. The summed E-state index contributed by atoms with van der Waals surface area (Å²) in [4.78, 5) is 15.7. The Bertz CT molecular complexity index is 1350. The zero-order valence-corrected chi connectivity index (χ0v) is 23.5. The first kappa shape index (κ1) is 24.1. The van der Waals surface area contributed by atoms with Gasteiger partial charge >= 0.3 is 0 Å². The summed E-state index contributed by atoms with van der Waals surface area (Å²) in [6.07, 6.45) is 3.21. The van der Waals surface area contributed by atoms with Gasteiger partial charge in [0.15, 0.2) is 0 Å². The third-order valence-corrected chi connectivity index (χ3v) is 8.25. The molecule has 3 aromatic carbocycles. The Morgan fingerprint density at radius 1 is 0.943 bits per heavy atom. The van der Waals surface area contributed by atoms with E-state index in [-0.39, 0.29) is 16.9 Å². The van der Waals surface area contributed by atoms with Crippen molar-refractivity contribution in [2.75, 3.05) is 10.2 Å². The highest BCUT2D eigenvalue weighted by Gasteiger charge is 2.43. The molecule has 1 atom stereocenters. The Morgan fingerprint density at radius 3 is 2.34 bits per heavy atom. The van der Waals surface area contributed by atoms with Crippen LogP contribution in [0.5, 0.6) is 0 Å². The van der Waals surface area contributed by atoms with Gasteiger partial charge in [0.1, 0.15) is 0 Å². The predicted molar refractivity (Wildman–Crippen MR) is 155 cm³/mol. The maximum Gasteiger partial charge on any atom is 0.259 e. The summed E-state index contributed by atoms with van der Waals surface area (Å²) in [5.74, 6) is 0.0312. The van der Waals surface area contributed by atoms with Crippen molar-refractivity contribution in [3.05, 3.63) is 98.6 Å². The molecular weight excluding hydrogens is 543 g/mol. The van der Waals surface area contributed by atoms with Crippen LogP contribution in [0.1, 0.15) is 75.0 Å². The number of amides is 1. The number of anilines is 2. The van der Waals surface area contributed by atoms with Crippen LogP contribution in [0.2, 0.25) is 0 Å². The molecule has 2 aliphatic heterocycles. The largest absolute Gasteiger partial charge is 0.380 e. The summed E-state index contributed by atoms with van der Waals surface area (Å²) in [6, 6.07) is 23.2. The molecule has 2 aliphatic rings. The highest BCUT2D eigenvalue weighted by Crippen LogP contribution is 2.49. The zero-order chi connectivity index (χ0) is 25.2. The first-order chi connectivity index (χ1) is 16.4. The molecule has 1 amide bonds. The average molecular weight is 577 g/mol. The summed E-state index contributed by atoms with van der Waals surface area (Å²) in [5.41, 5.74) is 7.25. The smallest absolute Gasteiger partial charge is 0.259 e. The molecule has 0 unspecified atom stereocenters. The number of nitrogens with zero attached hydrogens (tertiary/aromatic N) is 1. The molecule has 2 heterocycles. The SMILES string of the molecule is CC1=CC(C)(C)N(C(=O)c2ccc(I)cc2)c2ccc([C@@]3(C)CC(C)(C)Nc4ccccc43)cc21. The Hall–Kier alpha value is -2.60. The van der Waals surface area contributed by atoms with Crippen LogP contribution in [0.25, 0.3) is 5.57 Å². The Labute approximate surface area is 222 Å². The topological polar surface area (TPSA) is 32.3 Å². The number of nitrogens with one attached hydrogen (secondary N) is 1. The fourth-order valence-corrected chi connectivity index (χ4v) is 6.54. The second-order valence-corrected chi connectivity index (χ2v) is 12.7. The molecule has 5 rings (SSSR count). The number of rotatable bonds is 2. The van der Waals surface area contributed by atoms with E-state index in [0.29, 0.717) is 5.56 Å². The van der Waals surface area contributed by atoms with Crippen LogP contribution in [-0.4, -0.2) is 17.0 Å². The van der Waals surface area contributed by atoms with Crippen molar-refractivity contribution in [1.29, 1.82) is 0 Å². The number of para-hydroxylation sites is 1. The second kappa shape index (κ2) is 8.22. The first-order valence-electron chi connectivity index (χ1n) is 12.2. The highest BCUT2D eigenvalue weighted by molar-refractivity contribution is 14.1. The lowest BCUT2D eigenvalue weighted by molar-refractivity contribution is 0.0970. The first-order valence-corrected chi connectivity index (χ1v) is 13.3. The van der Waals surface area contributed by atoms with Gasteiger partial charge in [-0.2, -0.15) is 0 Å². The van der Waals surface area contributed by atoms with Crippen LogP contribution >= 0.6 is 22.6 Å². The lowest BCUT2D eigenvalue weighted by atomic mass is 9.65. The van der Waals surface area contributed by atoms with E-state index in [1.165, 1.54) is 22.4 Å². The van der Waals surface area contributed by atoms with Crippen LogP contribution in [0.4, 0.5) is 11.4 Å². The van der Waals surface area contributed by atoms with Crippen molar-refractivity contribution in [3.8, 4) is 0 Å². The van der Waals surface area contributed by atoms with Crippen molar-refractivity contribution in [2.45, 2.75) is 64.5 Å². The number of carbonyl (C=O) groups is 1. The minimum Gasteiger partial charge on any atom is -0.380 e. The highest BCUT2D eigenvalue weighted by atomic mass is 127. The van der Waals surface area contributed by atoms with Gasteiger partial charge in [0.05, 0.1) is 11.2 Å². The van der Waals surface area contributed by atoms with Crippen molar-refractivity contribution < 1.29 is 4.79 Å². The average Bonchev–Trinajstić information content (AvgIpc) is 2.78. The molecule has 0 aromatic heterocycles. The Morgan fingerprint density at radius 2 is 1.63 bits per heavy atom. The monoisotopic (exact) mass is 576 g/mol. The molecule has 0 spiro atoms. The predicted octanol–water partition coefficient (Wildman–Crippen LogP) is 8.03. The summed E-state index contributed by atoms with van der Waals surface area (Å²) >= 11 is 2.27. The molecule has 3 nitrogen and oxygen atoms in total. The second-order valence-electron chi connectivity index (χ2n) is 11.4. The number of fused-ring (bicyclic) bond motifs is 2. The van der Waals surface area contributed by atoms with Crippen molar-refractivity contribution in [1.82, 2.24) is 0 Å². The molecule has 0 radical (unpaired) electrons. The van der Waals surface area contributed by atoms with Crippen LogP contribution < -0.4 is 10.2 Å². The van der Waals surface area contributed by atoms with Crippen LogP contribution in [0, 0.1) is 3.57 Å². The normalized spacial score (nSPS) is 21.9. The summed E-state index contributed by atoms with van der Waals surface area (Å²) in [5, 5.41) is 3.72. The fraction of sp³-hybridized carbons (Fsp3) is 0.323. The maximum atomic E-state index is 13.8. The summed E-state index contributed by atoms with van der Waals surface area (Å²) < 4.78 is 1.12. The minimum absolute atomic E-state index is 0.0291. The molecule has 0 saturated heterocycles. The fourth-order valence-electron chi connectivity index (χ4n) is 6.18. The number of allylic oxidation sites excluding steroid dienone is 1. The number of hydrogen-bond donors (Lipinski definition) is 1. The van der Waals surface area contributed by atoms with Crippen LogP contribution in [0.15, 0.2) is 72.8 Å². The van der Waals surface area contributed by atoms with Gasteiger partial charge in [0.25, 0.3) is 5.91 Å². The molecule has 4 heteroatoms. The molecular formula is C31H33IN2O. The van der Waals surface area contributed by atoms with Crippen molar-refractivity contribution >= 4 is 45.4 Å². The lowest BCUT2D eigenvalue weighted by Crippen LogP contribution is -2.49. The quantitative estimate of drug-likeness (QED) is 0.313.